The highest BCUT2D eigenvalue weighted by Crippen LogP contribution is 2.60. The molecule has 50 heavy (non-hydrogen) atoms. The molecule has 2 atom stereocenters. The number of hydrogen-bond donors (Lipinski definition) is 0. The van der Waals surface area contributed by atoms with Crippen molar-refractivity contribution in [3.05, 3.63) is 93.6 Å². The molecule has 4 aromatic rings. The average Bonchev–Trinajstić information content (AvgIpc) is 3.66. The summed E-state index contributed by atoms with van der Waals surface area (Å²) in [6.45, 7) is 23.8. The molecule has 266 valence electrons. The maximum Gasteiger partial charge on any atom is 0.355 e. The van der Waals surface area contributed by atoms with E-state index >= 15 is 0 Å². The molecule has 0 amide bonds. The summed E-state index contributed by atoms with van der Waals surface area (Å²) < 4.78 is 42.0. The van der Waals surface area contributed by atoms with Gasteiger partial charge in [0.05, 0.1) is 19.4 Å². The smallest absolute Gasteiger partial charge is 0.355 e. The van der Waals surface area contributed by atoms with Crippen LogP contribution in [-0.2, 0) is 30.5 Å². The van der Waals surface area contributed by atoms with Gasteiger partial charge in [-0.3, -0.25) is 8.68 Å². The molecule has 3 aliphatic heterocycles. The van der Waals surface area contributed by atoms with Crippen LogP contribution in [0, 0.1) is 0 Å². The molecule has 0 spiro atoms. The lowest BCUT2D eigenvalue weighted by Crippen LogP contribution is -2.34. The van der Waals surface area contributed by atoms with Gasteiger partial charge in [-0.1, -0.05) is 74.4 Å². The molecular weight excluding hydrogens is 651 g/mol. The van der Waals surface area contributed by atoms with E-state index in [0.29, 0.717) is 28.7 Å². The summed E-state index contributed by atoms with van der Waals surface area (Å²) >= 11 is 0. The van der Waals surface area contributed by atoms with E-state index < -0.39 is 26.1 Å². The fraction of sp³-hybridized carbons (Fsp3) is 0.475. The number of ether oxygens (including phenoxy) is 5. The van der Waals surface area contributed by atoms with Crippen molar-refractivity contribution in [3.63, 3.8) is 0 Å². The fourth-order valence-electron chi connectivity index (χ4n) is 7.07. The van der Waals surface area contributed by atoms with Crippen molar-refractivity contribution in [1.29, 1.82) is 0 Å². The lowest BCUT2D eigenvalue weighted by Gasteiger charge is -2.40. The van der Waals surface area contributed by atoms with Crippen LogP contribution in [0.1, 0.15) is 138 Å². The van der Waals surface area contributed by atoms with E-state index in [1.165, 1.54) is 5.56 Å². The number of rotatable bonds is 6. The van der Waals surface area contributed by atoms with Crippen LogP contribution >= 0.6 is 8.45 Å². The maximum absolute atomic E-state index is 13.5. The number of carbonyl (C=O) groups is 1. The van der Waals surface area contributed by atoms with Crippen molar-refractivity contribution in [3.8, 4) is 23.0 Å². The number of nitrogens with zero attached hydrogens (tertiary/aromatic N) is 2. The Hall–Kier alpha value is -3.78. The van der Waals surface area contributed by atoms with Crippen molar-refractivity contribution < 1.29 is 33.0 Å². The zero-order valence-corrected chi connectivity index (χ0v) is 32.2. The first-order valence-electron chi connectivity index (χ1n) is 17.5. The van der Waals surface area contributed by atoms with E-state index in [1.807, 2.05) is 36.4 Å². The third kappa shape index (κ3) is 5.44. The van der Waals surface area contributed by atoms with Gasteiger partial charge in [-0.15, -0.1) is 0 Å². The topological polar surface area (TPSA) is 82.3 Å². The lowest BCUT2D eigenvalue weighted by atomic mass is 9.72. The van der Waals surface area contributed by atoms with Crippen molar-refractivity contribution in [2.45, 2.75) is 111 Å². The normalized spacial score (nSPS) is 21.9. The molecule has 7 rings (SSSR count). The van der Waals surface area contributed by atoms with Crippen molar-refractivity contribution in [2.24, 2.45) is 0 Å². The van der Waals surface area contributed by atoms with E-state index in [4.69, 9.17) is 28.2 Å². The molecule has 5 heterocycles. The molecule has 0 radical (unpaired) electrons. The summed E-state index contributed by atoms with van der Waals surface area (Å²) in [6.07, 6.45) is -0.864. The van der Waals surface area contributed by atoms with E-state index in [1.54, 1.807) is 7.11 Å². The minimum absolute atomic E-state index is 0.0371. The highest BCUT2D eigenvalue weighted by atomic mass is 31.2. The molecule has 1 saturated heterocycles. The largest absolute Gasteiger partial charge is 0.493 e. The molecule has 2 aromatic heterocycles. The molecule has 1 fully saturated rings. The number of carbonyl (C=O) groups excluding carboxylic acids is 1. The van der Waals surface area contributed by atoms with Gasteiger partial charge < -0.3 is 28.2 Å². The molecule has 0 aliphatic carbocycles. The Labute approximate surface area is 296 Å². The molecule has 9 nitrogen and oxygen atoms in total. The number of methoxy groups -OCH3 is 1. The Kier molecular flexibility index (Phi) is 8.25. The maximum atomic E-state index is 13.5. The van der Waals surface area contributed by atoms with Crippen LogP contribution in [0.3, 0.4) is 0 Å². The van der Waals surface area contributed by atoms with Gasteiger partial charge in [0.1, 0.15) is 5.69 Å². The molecule has 3 aliphatic rings. The Morgan fingerprint density at radius 1 is 0.820 bits per heavy atom. The average molecular weight is 701 g/mol. The predicted octanol–water partition coefficient (Wildman–Crippen LogP) is 10.1. The zero-order valence-electron chi connectivity index (χ0n) is 31.3. The second-order valence-corrected chi connectivity index (χ2v) is 17.5. The van der Waals surface area contributed by atoms with E-state index in [-0.39, 0.29) is 29.6 Å². The standard InChI is InChI=1S/C40H49N2O7P/c1-13-45-36(43)30-16-14-28-22(2)29-15-17-31(37-46-23(3)47-37)42(29)50(41(28)30)49-33-21-25(39(7,8)9)19-27-35(33)48-34-26(40(27,10)11)18-24(38(4,5)6)20-32(34)44-12/h14-23,37H,13H2,1-12H3. The molecule has 2 aromatic carbocycles. The van der Waals surface area contributed by atoms with Crippen LogP contribution in [0.2, 0.25) is 0 Å². The summed E-state index contributed by atoms with van der Waals surface area (Å²) in [6, 6.07) is 16.6. The summed E-state index contributed by atoms with van der Waals surface area (Å²) in [5.74, 6) is 2.13. The van der Waals surface area contributed by atoms with Crippen LogP contribution in [0.25, 0.3) is 0 Å². The number of esters is 1. The highest BCUT2D eigenvalue weighted by Gasteiger charge is 2.44. The van der Waals surface area contributed by atoms with Gasteiger partial charge in [0, 0.05) is 33.8 Å². The Morgan fingerprint density at radius 2 is 1.36 bits per heavy atom. The van der Waals surface area contributed by atoms with Gasteiger partial charge in [-0.25, -0.2) is 4.79 Å². The zero-order chi connectivity index (χ0) is 36.1. The second-order valence-electron chi connectivity index (χ2n) is 16.0. The monoisotopic (exact) mass is 700 g/mol. The van der Waals surface area contributed by atoms with E-state index in [2.05, 4.69) is 97.0 Å². The van der Waals surface area contributed by atoms with Gasteiger partial charge in [0.2, 0.25) is 6.29 Å². The molecule has 0 saturated carbocycles. The van der Waals surface area contributed by atoms with E-state index in [0.717, 1.165) is 33.8 Å². The number of hydrogen-bond acceptors (Lipinski definition) is 7. The molecule has 2 unspecified atom stereocenters. The molecule has 0 bridgehead atoms. The Balaban J connectivity index is 1.45. The number of benzene rings is 2. The predicted molar refractivity (Wildman–Crippen MR) is 194 cm³/mol. The van der Waals surface area contributed by atoms with Gasteiger partial charge in [-0.2, -0.15) is 0 Å². The van der Waals surface area contributed by atoms with Crippen molar-refractivity contribution >= 4 is 14.4 Å². The van der Waals surface area contributed by atoms with Crippen LogP contribution < -0.4 is 14.0 Å². The molecular formula is C40H49N2O7P. The van der Waals surface area contributed by atoms with Crippen LogP contribution in [0.15, 0.2) is 48.5 Å². The van der Waals surface area contributed by atoms with E-state index in [9.17, 15) is 4.79 Å². The summed E-state index contributed by atoms with van der Waals surface area (Å²) in [5, 5.41) is 0. The Morgan fingerprint density at radius 3 is 1.92 bits per heavy atom. The quantitative estimate of drug-likeness (QED) is 0.146. The molecule has 0 N–H and O–H groups in total. The third-order valence-corrected chi connectivity index (χ3v) is 12.1. The minimum Gasteiger partial charge on any atom is -0.493 e. The first kappa shape index (κ1) is 34.7. The number of fused-ring (bicyclic) bond motifs is 4. The number of aromatic nitrogens is 2. The first-order chi connectivity index (χ1) is 23.4. The lowest BCUT2D eigenvalue weighted by molar-refractivity contribution is -0.384. The third-order valence-electron chi connectivity index (χ3n) is 10.2. The highest BCUT2D eigenvalue weighted by molar-refractivity contribution is 7.50. The van der Waals surface area contributed by atoms with Crippen LogP contribution in [0.4, 0.5) is 0 Å². The van der Waals surface area contributed by atoms with Gasteiger partial charge >= 0.3 is 14.4 Å². The summed E-state index contributed by atoms with van der Waals surface area (Å²) in [4.78, 5) is 13.5. The summed E-state index contributed by atoms with van der Waals surface area (Å²) in [7, 11) is -0.0818. The van der Waals surface area contributed by atoms with Crippen LogP contribution in [0.5, 0.6) is 23.0 Å². The minimum atomic E-state index is -1.77. The molecule has 10 heteroatoms. The summed E-state index contributed by atoms with van der Waals surface area (Å²) in [5.41, 5.74) is 6.86. The van der Waals surface area contributed by atoms with Gasteiger partial charge in [-0.05, 0) is 72.2 Å². The fourth-order valence-corrected chi connectivity index (χ4v) is 9.29. The van der Waals surface area contributed by atoms with Crippen molar-refractivity contribution in [1.82, 2.24) is 8.68 Å². The van der Waals surface area contributed by atoms with Crippen LogP contribution in [-0.4, -0.2) is 34.7 Å². The first-order valence-corrected chi connectivity index (χ1v) is 18.6. The Bertz CT molecular complexity index is 1990. The van der Waals surface area contributed by atoms with Gasteiger partial charge in [0.25, 0.3) is 0 Å². The van der Waals surface area contributed by atoms with Crippen molar-refractivity contribution in [2.75, 3.05) is 13.7 Å². The SMILES string of the molecule is CCOC(=O)c1ccc2n1P(Oc1cc(C(C)(C)C)cc3c1Oc1c(OC)cc(C(C)(C)C)cc1C3(C)C)n1c(C3OC(C)O3)ccc1C2C. The van der Waals surface area contributed by atoms with Gasteiger partial charge in [0.15, 0.2) is 29.3 Å². The second kappa shape index (κ2) is 11.9.